The van der Waals surface area contributed by atoms with Gasteiger partial charge in [-0.3, -0.25) is 4.90 Å². The van der Waals surface area contributed by atoms with Crippen molar-refractivity contribution in [3.63, 3.8) is 0 Å². The van der Waals surface area contributed by atoms with Crippen molar-refractivity contribution in [2.75, 3.05) is 12.0 Å². The number of benzene rings is 1. The van der Waals surface area contributed by atoms with Gasteiger partial charge in [-0.25, -0.2) is 4.99 Å². The van der Waals surface area contributed by atoms with Crippen LogP contribution < -0.4 is 21.1 Å². The third kappa shape index (κ3) is 2.44. The number of anilines is 1. The largest absolute Gasteiger partial charge is 0.495 e. The zero-order chi connectivity index (χ0) is 14.2. The van der Waals surface area contributed by atoms with Crippen LogP contribution in [0, 0.1) is 0 Å². The third-order valence-corrected chi connectivity index (χ3v) is 3.10. The standard InChI is InChI=1S/C12H16ClN5O/c1-12(2)17-10(14)16-11(15)18(12)7-4-5-8(13)9(6-7)19-3/h4-6H,1-3H3,(H4,14,15,16,17). The summed E-state index contributed by atoms with van der Waals surface area (Å²) in [5.74, 6) is 1.01. The minimum absolute atomic E-state index is 0.166. The summed E-state index contributed by atoms with van der Waals surface area (Å²) in [4.78, 5) is 10.0. The summed E-state index contributed by atoms with van der Waals surface area (Å²) in [7, 11) is 1.56. The summed E-state index contributed by atoms with van der Waals surface area (Å²) in [5.41, 5.74) is 11.7. The summed E-state index contributed by atoms with van der Waals surface area (Å²) in [6, 6.07) is 5.34. The first-order valence-corrected chi connectivity index (χ1v) is 6.06. The van der Waals surface area contributed by atoms with Gasteiger partial charge >= 0.3 is 0 Å². The predicted molar refractivity (Wildman–Crippen MR) is 77.8 cm³/mol. The third-order valence-electron chi connectivity index (χ3n) is 2.79. The average Bonchev–Trinajstić information content (AvgIpc) is 2.28. The first kappa shape index (κ1) is 13.5. The highest BCUT2D eigenvalue weighted by atomic mass is 35.5. The van der Waals surface area contributed by atoms with Crippen molar-refractivity contribution in [1.29, 1.82) is 0 Å². The van der Waals surface area contributed by atoms with Crippen molar-refractivity contribution in [2.24, 2.45) is 21.5 Å². The molecule has 1 aliphatic rings. The molecule has 1 aliphatic heterocycles. The first-order valence-electron chi connectivity index (χ1n) is 5.68. The van der Waals surface area contributed by atoms with E-state index < -0.39 is 5.66 Å². The molecule has 0 saturated heterocycles. The van der Waals surface area contributed by atoms with Gasteiger partial charge in [0.2, 0.25) is 11.9 Å². The number of ether oxygens (including phenoxy) is 1. The topological polar surface area (TPSA) is 89.2 Å². The van der Waals surface area contributed by atoms with Crippen LogP contribution in [0.2, 0.25) is 5.02 Å². The van der Waals surface area contributed by atoms with E-state index in [1.807, 2.05) is 19.9 Å². The van der Waals surface area contributed by atoms with Gasteiger partial charge in [0, 0.05) is 6.07 Å². The van der Waals surface area contributed by atoms with Crippen LogP contribution in [-0.4, -0.2) is 24.7 Å². The maximum Gasteiger partial charge on any atom is 0.220 e. The Morgan fingerprint density at radius 2 is 2.00 bits per heavy atom. The highest BCUT2D eigenvalue weighted by molar-refractivity contribution is 6.32. The molecule has 6 nitrogen and oxygen atoms in total. The molecule has 0 radical (unpaired) electrons. The van der Waals surface area contributed by atoms with Crippen LogP contribution in [-0.2, 0) is 0 Å². The summed E-state index contributed by atoms with van der Waals surface area (Å²) < 4.78 is 5.20. The second-order valence-corrected chi connectivity index (χ2v) is 5.00. The van der Waals surface area contributed by atoms with E-state index in [9.17, 15) is 0 Å². The number of rotatable bonds is 2. The van der Waals surface area contributed by atoms with Gasteiger partial charge in [-0.05, 0) is 26.0 Å². The van der Waals surface area contributed by atoms with Crippen molar-refractivity contribution in [3.8, 4) is 5.75 Å². The molecule has 0 aromatic heterocycles. The van der Waals surface area contributed by atoms with Crippen LogP contribution >= 0.6 is 11.6 Å². The Balaban J connectivity index is 2.49. The van der Waals surface area contributed by atoms with Gasteiger partial charge < -0.3 is 16.2 Å². The Morgan fingerprint density at radius 3 is 2.58 bits per heavy atom. The van der Waals surface area contributed by atoms with Crippen LogP contribution in [0.25, 0.3) is 0 Å². The summed E-state index contributed by atoms with van der Waals surface area (Å²) in [5, 5.41) is 0.527. The normalized spacial score (nSPS) is 17.8. The smallest absolute Gasteiger partial charge is 0.220 e. The Bertz CT molecular complexity index is 567. The van der Waals surface area contributed by atoms with Crippen LogP contribution in [0.4, 0.5) is 5.69 Å². The lowest BCUT2D eigenvalue weighted by Gasteiger charge is -2.38. The molecule has 102 valence electrons. The molecule has 7 heteroatoms. The van der Waals surface area contributed by atoms with Gasteiger partial charge in [-0.2, -0.15) is 4.99 Å². The molecule has 0 saturated carbocycles. The van der Waals surface area contributed by atoms with Gasteiger partial charge in [0.25, 0.3) is 0 Å². The Labute approximate surface area is 116 Å². The van der Waals surface area contributed by atoms with Gasteiger partial charge in [0.05, 0.1) is 17.8 Å². The molecule has 0 fully saturated rings. The zero-order valence-corrected chi connectivity index (χ0v) is 11.8. The maximum absolute atomic E-state index is 6.01. The van der Waals surface area contributed by atoms with Crippen LogP contribution in [0.1, 0.15) is 13.8 Å². The summed E-state index contributed by atoms with van der Waals surface area (Å²) in [6.45, 7) is 3.78. The van der Waals surface area contributed by atoms with E-state index in [1.54, 1.807) is 24.1 Å². The minimum atomic E-state index is -0.630. The average molecular weight is 282 g/mol. The highest BCUT2D eigenvalue weighted by Crippen LogP contribution is 2.33. The zero-order valence-electron chi connectivity index (χ0n) is 11.0. The monoisotopic (exact) mass is 281 g/mol. The molecule has 1 aromatic carbocycles. The molecule has 19 heavy (non-hydrogen) atoms. The minimum Gasteiger partial charge on any atom is -0.495 e. The highest BCUT2D eigenvalue weighted by Gasteiger charge is 2.33. The number of halogens is 1. The molecule has 1 aromatic rings. The number of hydrogen-bond acceptors (Lipinski definition) is 6. The van der Waals surface area contributed by atoms with Crippen molar-refractivity contribution < 1.29 is 4.74 Å². The summed E-state index contributed by atoms with van der Waals surface area (Å²) in [6.07, 6.45) is 0. The number of hydrogen-bond donors (Lipinski definition) is 2. The first-order chi connectivity index (χ1) is 8.85. The SMILES string of the molecule is COc1cc(N2C(N)=NC(N)=NC2(C)C)ccc1Cl. The van der Waals surface area contributed by atoms with E-state index in [4.69, 9.17) is 27.8 Å². The number of nitrogens with two attached hydrogens (primary N) is 2. The predicted octanol–water partition coefficient (Wildman–Crippen LogP) is 1.53. The van der Waals surface area contributed by atoms with Crippen LogP contribution in [0.15, 0.2) is 28.2 Å². The molecule has 2 rings (SSSR count). The Morgan fingerprint density at radius 1 is 1.32 bits per heavy atom. The van der Waals surface area contributed by atoms with E-state index in [2.05, 4.69) is 9.98 Å². The van der Waals surface area contributed by atoms with E-state index >= 15 is 0 Å². The Hall–Kier alpha value is -1.95. The molecular formula is C12H16ClN5O. The lowest BCUT2D eigenvalue weighted by molar-refractivity contribution is 0.414. The second kappa shape index (κ2) is 4.62. The summed E-state index contributed by atoms with van der Waals surface area (Å²) >= 11 is 6.01. The van der Waals surface area contributed by atoms with E-state index in [0.717, 1.165) is 5.69 Å². The van der Waals surface area contributed by atoms with Crippen LogP contribution in [0.3, 0.4) is 0 Å². The van der Waals surface area contributed by atoms with E-state index in [1.165, 1.54) is 0 Å². The van der Waals surface area contributed by atoms with Gasteiger partial charge in [0.1, 0.15) is 11.4 Å². The molecule has 0 spiro atoms. The van der Waals surface area contributed by atoms with Crippen LogP contribution in [0.5, 0.6) is 5.75 Å². The van der Waals surface area contributed by atoms with Crippen molar-refractivity contribution >= 4 is 29.2 Å². The van der Waals surface area contributed by atoms with Gasteiger partial charge in [0.15, 0.2) is 0 Å². The fourth-order valence-electron chi connectivity index (χ4n) is 2.04. The molecule has 0 bridgehead atoms. The van der Waals surface area contributed by atoms with Gasteiger partial charge in [-0.15, -0.1) is 0 Å². The maximum atomic E-state index is 6.01. The molecule has 4 N–H and O–H groups in total. The lowest BCUT2D eigenvalue weighted by atomic mass is 10.1. The lowest BCUT2D eigenvalue weighted by Crippen LogP contribution is -2.54. The number of guanidine groups is 2. The van der Waals surface area contributed by atoms with E-state index in [0.29, 0.717) is 10.8 Å². The fourth-order valence-corrected chi connectivity index (χ4v) is 2.23. The second-order valence-electron chi connectivity index (χ2n) is 4.59. The van der Waals surface area contributed by atoms with Crippen molar-refractivity contribution in [1.82, 2.24) is 0 Å². The Kier molecular flexibility index (Phi) is 3.28. The van der Waals surface area contributed by atoms with Crippen molar-refractivity contribution in [2.45, 2.75) is 19.5 Å². The molecule has 0 aliphatic carbocycles. The molecule has 0 unspecified atom stereocenters. The fraction of sp³-hybridized carbons (Fsp3) is 0.333. The van der Waals surface area contributed by atoms with E-state index in [-0.39, 0.29) is 11.9 Å². The number of aliphatic imine (C=N–C) groups is 2. The number of nitrogens with zero attached hydrogens (tertiary/aromatic N) is 3. The molecule has 1 heterocycles. The van der Waals surface area contributed by atoms with Gasteiger partial charge in [-0.1, -0.05) is 11.6 Å². The number of methoxy groups -OCH3 is 1. The quantitative estimate of drug-likeness (QED) is 0.860. The molecule has 0 atom stereocenters. The van der Waals surface area contributed by atoms with Crippen molar-refractivity contribution in [3.05, 3.63) is 23.2 Å². The molecule has 0 amide bonds. The molecular weight excluding hydrogens is 266 g/mol.